The van der Waals surface area contributed by atoms with Gasteiger partial charge in [0.25, 0.3) is 11.8 Å². The number of phenols is 2. The maximum absolute atomic E-state index is 12.5. The average molecular weight is 806 g/mol. The van der Waals surface area contributed by atoms with Crippen molar-refractivity contribution in [2.24, 2.45) is 0 Å². The fraction of sp³-hybridized carbons (Fsp3) is 0.381. The van der Waals surface area contributed by atoms with Gasteiger partial charge in [-0.25, -0.2) is 0 Å². The quantitative estimate of drug-likeness (QED) is 0.104. The number of nitrogens with zero attached hydrogens (tertiary/aromatic N) is 2. The molecule has 2 aromatic heterocycles. The van der Waals surface area contributed by atoms with Gasteiger partial charge in [-0.1, -0.05) is 48.9 Å². The van der Waals surface area contributed by atoms with E-state index in [2.05, 4.69) is 20.6 Å². The number of pyridine rings is 2. The van der Waals surface area contributed by atoms with Crippen LogP contribution in [0.5, 0.6) is 11.5 Å². The minimum atomic E-state index is -0.534. The summed E-state index contributed by atoms with van der Waals surface area (Å²) in [5.41, 5.74) is 2.70. The predicted octanol–water partition coefficient (Wildman–Crippen LogP) is 5.66. The molecular formula is C42H46Cl2N4O8. The van der Waals surface area contributed by atoms with Crippen LogP contribution >= 0.6 is 23.2 Å². The second kappa shape index (κ2) is 20.3. The standard InChI is InChI=1S/2C21H23ClN2O4/c2*22-15-5-6-19(26)14(11-15)12-16(25)9-13-7-8-23-18(10-13)21(28)24-17-3-1-2-4-20(17)27/h2*5-8,10-11,17,20,26-27H,1-4,9,12H2,(H,24,28)/t2*17-,20-/m10/s1. The number of aromatic hydroxyl groups is 2. The van der Waals surface area contributed by atoms with E-state index in [0.29, 0.717) is 45.1 Å². The van der Waals surface area contributed by atoms with Crippen molar-refractivity contribution in [1.29, 1.82) is 0 Å². The van der Waals surface area contributed by atoms with Crippen molar-refractivity contribution in [3.05, 3.63) is 117 Å². The van der Waals surface area contributed by atoms with Gasteiger partial charge >= 0.3 is 0 Å². The normalized spacial score (nSPS) is 19.2. The van der Waals surface area contributed by atoms with Crippen LogP contribution in [0.2, 0.25) is 10.0 Å². The van der Waals surface area contributed by atoms with E-state index < -0.39 is 12.2 Å². The number of ketones is 2. The molecular weight excluding hydrogens is 759 g/mol. The molecule has 6 N–H and O–H groups in total. The highest BCUT2D eigenvalue weighted by Crippen LogP contribution is 2.25. The lowest BCUT2D eigenvalue weighted by atomic mass is 9.92. The highest BCUT2D eigenvalue weighted by atomic mass is 35.5. The van der Waals surface area contributed by atoms with E-state index >= 15 is 0 Å². The molecule has 0 unspecified atom stereocenters. The van der Waals surface area contributed by atoms with Crippen LogP contribution in [0.4, 0.5) is 0 Å². The Balaban J connectivity index is 0.000000214. The van der Waals surface area contributed by atoms with Crippen LogP contribution in [-0.4, -0.2) is 78.1 Å². The molecule has 0 bridgehead atoms. The van der Waals surface area contributed by atoms with Crippen LogP contribution in [0, 0.1) is 0 Å². The maximum Gasteiger partial charge on any atom is 0.270 e. The number of hydrogen-bond donors (Lipinski definition) is 6. The van der Waals surface area contributed by atoms with Crippen LogP contribution in [0.1, 0.15) is 94.6 Å². The summed E-state index contributed by atoms with van der Waals surface area (Å²) >= 11 is 11.8. The number of phenolic OH excluding ortho intramolecular Hbond substituents is 2. The molecule has 0 spiro atoms. The SMILES string of the molecule is O=C(Cc1ccnc(C(=O)N[C@@H]2CCCC[C@H]2O)c1)Cc1cc(Cl)ccc1O.O=C(Cc1ccnc(C(=O)N[C@H]2CCCC[C@@H]2O)c1)Cc1cc(Cl)ccc1O. The van der Waals surface area contributed by atoms with Gasteiger partial charge in [-0.3, -0.25) is 29.1 Å². The van der Waals surface area contributed by atoms with E-state index in [1.807, 2.05) is 0 Å². The number of aromatic nitrogens is 2. The zero-order valence-electron chi connectivity index (χ0n) is 30.8. The summed E-state index contributed by atoms with van der Waals surface area (Å²) in [4.78, 5) is 57.8. The molecule has 12 nitrogen and oxygen atoms in total. The van der Waals surface area contributed by atoms with Crippen LogP contribution in [0.25, 0.3) is 0 Å². The molecule has 2 aliphatic carbocycles. The van der Waals surface area contributed by atoms with E-state index in [9.17, 15) is 39.6 Å². The molecule has 0 radical (unpaired) electrons. The second-order valence-electron chi connectivity index (χ2n) is 14.3. The Morgan fingerprint density at radius 2 is 0.964 bits per heavy atom. The van der Waals surface area contributed by atoms with E-state index in [0.717, 1.165) is 38.5 Å². The van der Waals surface area contributed by atoms with Crippen molar-refractivity contribution in [2.45, 2.75) is 101 Å². The number of hydrogen-bond acceptors (Lipinski definition) is 10. The fourth-order valence-electron chi connectivity index (χ4n) is 6.86. The third-order valence-electron chi connectivity index (χ3n) is 9.87. The van der Waals surface area contributed by atoms with Crippen LogP contribution in [0.3, 0.4) is 0 Å². The lowest BCUT2D eigenvalue weighted by molar-refractivity contribution is -0.118. The molecule has 2 aliphatic rings. The van der Waals surface area contributed by atoms with Gasteiger partial charge in [0.05, 0.1) is 24.3 Å². The lowest BCUT2D eigenvalue weighted by Crippen LogP contribution is -2.45. The van der Waals surface area contributed by atoms with Gasteiger partial charge in [-0.15, -0.1) is 0 Å². The van der Waals surface area contributed by atoms with E-state index in [1.165, 1.54) is 24.5 Å². The first-order valence-electron chi connectivity index (χ1n) is 18.7. The van der Waals surface area contributed by atoms with Gasteiger partial charge in [0.2, 0.25) is 0 Å². The van der Waals surface area contributed by atoms with Gasteiger partial charge in [0, 0.05) is 59.2 Å². The van der Waals surface area contributed by atoms with Crippen molar-refractivity contribution in [1.82, 2.24) is 20.6 Å². The maximum atomic E-state index is 12.5. The number of aliphatic hydroxyl groups excluding tert-OH is 2. The number of carbonyl (C=O) groups excluding carboxylic acids is 4. The number of nitrogens with one attached hydrogen (secondary N) is 2. The minimum absolute atomic E-state index is 0.0265. The topological polar surface area (TPSA) is 199 Å². The molecule has 2 saturated carbocycles. The molecule has 56 heavy (non-hydrogen) atoms. The molecule has 2 amide bonds. The fourth-order valence-corrected chi connectivity index (χ4v) is 7.25. The number of amides is 2. The number of aliphatic hydroxyl groups is 2. The average Bonchev–Trinajstić information content (AvgIpc) is 3.17. The summed E-state index contributed by atoms with van der Waals surface area (Å²) < 4.78 is 0. The Labute approximate surface area is 335 Å². The van der Waals surface area contributed by atoms with E-state index in [4.69, 9.17) is 23.2 Å². The summed E-state index contributed by atoms with van der Waals surface area (Å²) in [6.07, 6.45) is 8.96. The van der Waals surface area contributed by atoms with Gasteiger partial charge in [0.15, 0.2) is 0 Å². The molecule has 4 atom stereocenters. The van der Waals surface area contributed by atoms with Gasteiger partial charge in [-0.05, 0) is 97.5 Å². The first kappa shape index (κ1) is 42.3. The third kappa shape index (κ3) is 12.6. The number of benzene rings is 2. The molecule has 2 fully saturated rings. The summed E-state index contributed by atoms with van der Waals surface area (Å²) in [6.45, 7) is 0. The molecule has 2 heterocycles. The van der Waals surface area contributed by atoms with Gasteiger partial charge in [-0.2, -0.15) is 0 Å². The van der Waals surface area contributed by atoms with Crippen molar-refractivity contribution >= 4 is 46.6 Å². The van der Waals surface area contributed by atoms with Crippen molar-refractivity contribution in [3.63, 3.8) is 0 Å². The molecule has 0 saturated heterocycles. The Bertz CT molecular complexity index is 1890. The smallest absolute Gasteiger partial charge is 0.270 e. The van der Waals surface area contributed by atoms with Crippen molar-refractivity contribution in [3.8, 4) is 11.5 Å². The summed E-state index contributed by atoms with van der Waals surface area (Å²) in [5, 5.41) is 46.3. The number of rotatable bonds is 12. The number of halogens is 2. The monoisotopic (exact) mass is 804 g/mol. The number of carbonyl (C=O) groups is 4. The third-order valence-corrected chi connectivity index (χ3v) is 10.3. The molecule has 6 rings (SSSR count). The van der Waals surface area contributed by atoms with Gasteiger partial charge < -0.3 is 31.1 Å². The summed E-state index contributed by atoms with van der Waals surface area (Å²) in [5.74, 6) is -0.881. The molecule has 4 aromatic rings. The second-order valence-corrected chi connectivity index (χ2v) is 15.2. The Morgan fingerprint density at radius 1 is 0.571 bits per heavy atom. The molecule has 0 aliphatic heterocycles. The zero-order chi connectivity index (χ0) is 40.2. The molecule has 296 valence electrons. The van der Waals surface area contributed by atoms with Gasteiger partial charge in [0.1, 0.15) is 34.5 Å². The predicted molar refractivity (Wildman–Crippen MR) is 211 cm³/mol. The highest BCUT2D eigenvalue weighted by Gasteiger charge is 2.26. The van der Waals surface area contributed by atoms with Crippen LogP contribution in [0.15, 0.2) is 73.1 Å². The summed E-state index contributed by atoms with van der Waals surface area (Å²) in [7, 11) is 0. The van der Waals surface area contributed by atoms with Crippen LogP contribution in [-0.2, 0) is 35.3 Å². The van der Waals surface area contributed by atoms with Crippen LogP contribution < -0.4 is 10.6 Å². The highest BCUT2D eigenvalue weighted by molar-refractivity contribution is 6.31. The van der Waals surface area contributed by atoms with Crippen molar-refractivity contribution in [2.75, 3.05) is 0 Å². The Kier molecular flexibility index (Phi) is 15.3. The summed E-state index contributed by atoms with van der Waals surface area (Å²) in [6, 6.07) is 15.2. The first-order chi connectivity index (χ1) is 26.8. The Morgan fingerprint density at radius 3 is 1.36 bits per heavy atom. The minimum Gasteiger partial charge on any atom is -0.508 e. The first-order valence-corrected chi connectivity index (χ1v) is 19.5. The van der Waals surface area contributed by atoms with E-state index in [1.54, 1.807) is 48.5 Å². The lowest BCUT2D eigenvalue weighted by Gasteiger charge is -2.28. The van der Waals surface area contributed by atoms with Crippen molar-refractivity contribution < 1.29 is 39.6 Å². The molecule has 14 heteroatoms. The molecule has 2 aromatic carbocycles. The van der Waals surface area contributed by atoms with E-state index in [-0.39, 0.29) is 84.0 Å². The Hall–Kier alpha value is -4.88. The largest absolute Gasteiger partial charge is 0.508 e. The number of Topliss-reactive ketones (excluding diaryl/α,β-unsaturated/α-hetero) is 2. The zero-order valence-corrected chi connectivity index (χ0v) is 32.3.